The van der Waals surface area contributed by atoms with Gasteiger partial charge >= 0.3 is 0 Å². The average Bonchev–Trinajstić information content (AvgIpc) is 2.81. The van der Waals surface area contributed by atoms with Crippen molar-refractivity contribution >= 4 is 17.6 Å². The normalized spacial score (nSPS) is 23.2. The van der Waals surface area contributed by atoms with Crippen molar-refractivity contribution in [1.82, 2.24) is 9.97 Å². The molecule has 0 bridgehead atoms. The monoisotopic (exact) mass is 267 g/mol. The van der Waals surface area contributed by atoms with Crippen LogP contribution in [-0.2, 0) is 10.5 Å². The van der Waals surface area contributed by atoms with Crippen molar-refractivity contribution in [2.45, 2.75) is 43.8 Å². The topological polar surface area (TPSA) is 47.0 Å². The molecule has 2 heterocycles. The first-order valence-corrected chi connectivity index (χ1v) is 7.62. The van der Waals surface area contributed by atoms with Gasteiger partial charge in [-0.25, -0.2) is 4.98 Å². The number of ether oxygens (including phenoxy) is 1. The molecule has 1 aliphatic heterocycles. The Bertz CT molecular complexity index is 358. The van der Waals surface area contributed by atoms with E-state index in [1.807, 2.05) is 24.2 Å². The molecule has 18 heavy (non-hydrogen) atoms. The molecule has 100 valence electrons. The summed E-state index contributed by atoms with van der Waals surface area (Å²) < 4.78 is 5.55. The van der Waals surface area contributed by atoms with Crippen LogP contribution in [0.15, 0.2) is 12.4 Å². The van der Waals surface area contributed by atoms with Crippen LogP contribution < -0.4 is 5.32 Å². The second-order valence-corrected chi connectivity index (χ2v) is 5.76. The van der Waals surface area contributed by atoms with Crippen LogP contribution in [0.1, 0.15) is 32.4 Å². The molecule has 0 amide bonds. The predicted octanol–water partition coefficient (Wildman–Crippen LogP) is 2.71. The van der Waals surface area contributed by atoms with Crippen LogP contribution in [0.5, 0.6) is 0 Å². The number of hydrogen-bond donors (Lipinski definition) is 1. The Morgan fingerprint density at radius 2 is 2.33 bits per heavy atom. The van der Waals surface area contributed by atoms with Crippen LogP contribution in [0.3, 0.4) is 0 Å². The Kier molecular flexibility index (Phi) is 5.26. The quantitative estimate of drug-likeness (QED) is 0.858. The second kappa shape index (κ2) is 6.95. The summed E-state index contributed by atoms with van der Waals surface area (Å²) in [5.74, 6) is 1.78. The lowest BCUT2D eigenvalue weighted by atomic mass is 10.3. The molecule has 1 N–H and O–H groups in total. The first-order valence-electron chi connectivity index (χ1n) is 6.57. The molecule has 2 unspecified atom stereocenters. The molecule has 0 aliphatic carbocycles. The molecule has 1 aliphatic rings. The molecule has 1 aromatic heterocycles. The Morgan fingerprint density at radius 1 is 1.44 bits per heavy atom. The third-order valence-electron chi connectivity index (χ3n) is 3.01. The van der Waals surface area contributed by atoms with E-state index in [4.69, 9.17) is 4.74 Å². The highest BCUT2D eigenvalue weighted by atomic mass is 32.2. The maximum absolute atomic E-state index is 5.55. The molecular formula is C13H21N3OS. The van der Waals surface area contributed by atoms with E-state index in [0.717, 1.165) is 43.3 Å². The maximum Gasteiger partial charge on any atom is 0.144 e. The summed E-state index contributed by atoms with van der Waals surface area (Å²) >= 11 is 1.92. The number of aromatic nitrogens is 2. The van der Waals surface area contributed by atoms with Gasteiger partial charge in [0, 0.05) is 24.2 Å². The number of anilines is 1. The van der Waals surface area contributed by atoms with Gasteiger partial charge in [-0.3, -0.25) is 4.98 Å². The van der Waals surface area contributed by atoms with E-state index >= 15 is 0 Å². The summed E-state index contributed by atoms with van der Waals surface area (Å²) in [6, 6.07) is 0. The Balaban J connectivity index is 1.79. The molecule has 2 atom stereocenters. The first-order chi connectivity index (χ1) is 8.79. The zero-order chi connectivity index (χ0) is 12.8. The van der Waals surface area contributed by atoms with Crippen molar-refractivity contribution in [2.24, 2.45) is 0 Å². The van der Waals surface area contributed by atoms with Crippen LogP contribution in [0.25, 0.3) is 0 Å². The number of thioether (sulfide) groups is 1. The van der Waals surface area contributed by atoms with Gasteiger partial charge < -0.3 is 10.1 Å². The molecule has 1 aromatic rings. The maximum atomic E-state index is 5.55. The van der Waals surface area contributed by atoms with Crippen molar-refractivity contribution in [3.8, 4) is 0 Å². The van der Waals surface area contributed by atoms with Crippen LogP contribution >= 0.6 is 11.8 Å². The van der Waals surface area contributed by atoms with Crippen LogP contribution in [0.2, 0.25) is 0 Å². The molecular weight excluding hydrogens is 246 g/mol. The molecule has 1 fully saturated rings. The minimum Gasteiger partial charge on any atom is -0.377 e. The largest absolute Gasteiger partial charge is 0.377 e. The van der Waals surface area contributed by atoms with Gasteiger partial charge in [0.15, 0.2) is 0 Å². The van der Waals surface area contributed by atoms with E-state index in [-0.39, 0.29) is 0 Å². The van der Waals surface area contributed by atoms with Crippen molar-refractivity contribution in [3.05, 3.63) is 18.1 Å². The highest BCUT2D eigenvalue weighted by Gasteiger charge is 2.24. The minimum atomic E-state index is 0.369. The highest BCUT2D eigenvalue weighted by Crippen LogP contribution is 2.28. The zero-order valence-electron chi connectivity index (χ0n) is 11.1. The summed E-state index contributed by atoms with van der Waals surface area (Å²) in [7, 11) is 0. The third kappa shape index (κ3) is 3.85. The number of nitrogens with zero attached hydrogens (tertiary/aromatic N) is 2. The molecule has 0 spiro atoms. The van der Waals surface area contributed by atoms with Crippen LogP contribution in [0.4, 0.5) is 5.82 Å². The van der Waals surface area contributed by atoms with Gasteiger partial charge in [0.1, 0.15) is 5.82 Å². The lowest BCUT2D eigenvalue weighted by Gasteiger charge is -2.12. The molecule has 0 radical (unpaired) electrons. The average molecular weight is 267 g/mol. The molecule has 0 aromatic carbocycles. The summed E-state index contributed by atoms with van der Waals surface area (Å²) in [6.07, 6.45) is 6.30. The number of hydrogen-bond acceptors (Lipinski definition) is 5. The van der Waals surface area contributed by atoms with Gasteiger partial charge in [-0.15, -0.1) is 11.8 Å². The molecule has 2 rings (SSSR count). The van der Waals surface area contributed by atoms with Crippen molar-refractivity contribution in [3.63, 3.8) is 0 Å². The van der Waals surface area contributed by atoms with Gasteiger partial charge in [-0.2, -0.15) is 0 Å². The molecule has 1 saturated heterocycles. The fourth-order valence-electron chi connectivity index (χ4n) is 1.90. The fraction of sp³-hybridized carbons (Fsp3) is 0.692. The van der Waals surface area contributed by atoms with Crippen molar-refractivity contribution < 1.29 is 4.74 Å². The first kappa shape index (κ1) is 13.6. The summed E-state index contributed by atoms with van der Waals surface area (Å²) in [5.41, 5.74) is 1.04. The lowest BCUT2D eigenvalue weighted by molar-refractivity contribution is 0.127. The van der Waals surface area contributed by atoms with Gasteiger partial charge in [0.25, 0.3) is 0 Å². The molecule has 0 saturated carbocycles. The Hall–Kier alpha value is -0.810. The Labute approximate surface area is 113 Å². The van der Waals surface area contributed by atoms with Crippen LogP contribution in [-0.4, -0.2) is 34.5 Å². The second-order valence-electron chi connectivity index (χ2n) is 4.53. The summed E-state index contributed by atoms with van der Waals surface area (Å²) in [5, 5.41) is 3.83. The highest BCUT2D eigenvalue weighted by molar-refractivity contribution is 7.99. The standard InChI is InChI=1S/C13H21N3OS/c1-3-5-14-13-8-15-11(7-16-13)9-18-12-4-6-17-10(12)2/h7-8,10,12H,3-6,9H2,1-2H3,(H,14,16). The van der Waals surface area contributed by atoms with Gasteiger partial charge in [-0.05, 0) is 19.8 Å². The van der Waals surface area contributed by atoms with E-state index in [2.05, 4.69) is 29.1 Å². The molecule has 4 nitrogen and oxygen atoms in total. The third-order valence-corrected chi connectivity index (χ3v) is 4.52. The van der Waals surface area contributed by atoms with E-state index in [1.54, 1.807) is 0 Å². The summed E-state index contributed by atoms with van der Waals surface area (Å²) in [6.45, 7) is 6.12. The van der Waals surface area contributed by atoms with Crippen molar-refractivity contribution in [2.75, 3.05) is 18.5 Å². The van der Waals surface area contributed by atoms with Crippen molar-refractivity contribution in [1.29, 1.82) is 0 Å². The van der Waals surface area contributed by atoms with Gasteiger partial charge in [0.05, 0.1) is 24.2 Å². The van der Waals surface area contributed by atoms with E-state index in [9.17, 15) is 0 Å². The van der Waals surface area contributed by atoms with Crippen LogP contribution in [0, 0.1) is 0 Å². The molecule has 5 heteroatoms. The zero-order valence-corrected chi connectivity index (χ0v) is 11.9. The minimum absolute atomic E-state index is 0.369. The number of rotatable bonds is 6. The summed E-state index contributed by atoms with van der Waals surface area (Å²) in [4.78, 5) is 8.79. The van der Waals surface area contributed by atoms with Gasteiger partial charge in [-0.1, -0.05) is 6.92 Å². The predicted molar refractivity (Wildman–Crippen MR) is 75.9 cm³/mol. The number of nitrogens with one attached hydrogen (secondary N) is 1. The smallest absolute Gasteiger partial charge is 0.144 e. The SMILES string of the molecule is CCCNc1cnc(CSC2CCOC2C)cn1. The van der Waals surface area contributed by atoms with Gasteiger partial charge in [0.2, 0.25) is 0 Å². The lowest BCUT2D eigenvalue weighted by Crippen LogP contribution is -2.13. The van der Waals surface area contributed by atoms with E-state index in [1.165, 1.54) is 0 Å². The fourth-order valence-corrected chi connectivity index (χ4v) is 3.04. The van der Waals surface area contributed by atoms with E-state index in [0.29, 0.717) is 11.4 Å². The Morgan fingerprint density at radius 3 is 2.94 bits per heavy atom. The van der Waals surface area contributed by atoms with E-state index < -0.39 is 0 Å².